The van der Waals surface area contributed by atoms with Crippen molar-refractivity contribution in [1.29, 1.82) is 0 Å². The molecule has 0 amide bonds. The van der Waals surface area contributed by atoms with Crippen LogP contribution in [0, 0.1) is 0 Å². The summed E-state index contributed by atoms with van der Waals surface area (Å²) in [6, 6.07) is 9.82. The molecular formula is C8H11FIN. The fourth-order valence-electron chi connectivity index (χ4n) is 0.836. The monoisotopic (exact) mass is 267 g/mol. The van der Waals surface area contributed by atoms with Gasteiger partial charge < -0.3 is 0 Å². The predicted octanol–water partition coefficient (Wildman–Crippen LogP) is 2.32. The zero-order chi connectivity index (χ0) is 7.23. The van der Waals surface area contributed by atoms with Crippen molar-refractivity contribution < 1.29 is 4.48 Å². The predicted molar refractivity (Wildman–Crippen MR) is 54.7 cm³/mol. The van der Waals surface area contributed by atoms with Gasteiger partial charge in [0, 0.05) is 6.54 Å². The summed E-state index contributed by atoms with van der Waals surface area (Å²) in [7, 11) is 0. The van der Waals surface area contributed by atoms with E-state index >= 15 is 0 Å². The molecule has 0 spiro atoms. The SMILES string of the molecule is FNCCc1ccccc1.I. The molecule has 3 heteroatoms. The molecule has 1 aromatic rings. The molecule has 0 atom stereocenters. The van der Waals surface area contributed by atoms with Crippen molar-refractivity contribution in [3.8, 4) is 0 Å². The lowest BCUT2D eigenvalue weighted by Gasteiger charge is -1.95. The van der Waals surface area contributed by atoms with Crippen LogP contribution in [0.3, 0.4) is 0 Å². The van der Waals surface area contributed by atoms with E-state index in [-0.39, 0.29) is 24.0 Å². The Balaban J connectivity index is 0.000001000. The lowest BCUT2D eigenvalue weighted by molar-refractivity contribution is 0.337. The minimum absolute atomic E-state index is 0. The molecular weight excluding hydrogens is 256 g/mol. The van der Waals surface area contributed by atoms with E-state index in [1.165, 1.54) is 0 Å². The first-order valence-corrected chi connectivity index (χ1v) is 3.31. The third-order valence-electron chi connectivity index (χ3n) is 1.35. The minimum atomic E-state index is 0. The van der Waals surface area contributed by atoms with Crippen molar-refractivity contribution in [2.75, 3.05) is 6.54 Å². The van der Waals surface area contributed by atoms with Crippen molar-refractivity contribution in [3.05, 3.63) is 35.9 Å². The van der Waals surface area contributed by atoms with Crippen LogP contribution >= 0.6 is 24.0 Å². The minimum Gasteiger partial charge on any atom is -0.159 e. The highest BCUT2D eigenvalue weighted by molar-refractivity contribution is 14.0. The molecule has 0 saturated carbocycles. The highest BCUT2D eigenvalue weighted by Gasteiger charge is 1.88. The van der Waals surface area contributed by atoms with E-state index in [0.717, 1.165) is 12.0 Å². The lowest BCUT2D eigenvalue weighted by atomic mass is 10.2. The average molecular weight is 267 g/mol. The van der Waals surface area contributed by atoms with E-state index in [2.05, 4.69) is 0 Å². The maximum atomic E-state index is 11.4. The molecule has 0 fully saturated rings. The fraction of sp³-hybridized carbons (Fsp3) is 0.250. The molecule has 0 bridgehead atoms. The Bertz CT molecular complexity index is 179. The van der Waals surface area contributed by atoms with Gasteiger partial charge in [-0.25, -0.2) is 0 Å². The van der Waals surface area contributed by atoms with Gasteiger partial charge in [-0.15, -0.1) is 28.5 Å². The molecule has 0 heterocycles. The Morgan fingerprint density at radius 3 is 2.36 bits per heavy atom. The fourth-order valence-corrected chi connectivity index (χ4v) is 0.836. The van der Waals surface area contributed by atoms with Crippen LogP contribution in [0.15, 0.2) is 30.3 Å². The van der Waals surface area contributed by atoms with Crippen LogP contribution in [0.4, 0.5) is 4.48 Å². The van der Waals surface area contributed by atoms with Gasteiger partial charge in [-0.1, -0.05) is 30.3 Å². The van der Waals surface area contributed by atoms with Gasteiger partial charge in [-0.05, 0) is 12.0 Å². The maximum absolute atomic E-state index is 11.4. The Labute approximate surface area is 83.0 Å². The van der Waals surface area contributed by atoms with Gasteiger partial charge in [-0.3, -0.25) is 0 Å². The summed E-state index contributed by atoms with van der Waals surface area (Å²) in [5, 5.41) is 0. The van der Waals surface area contributed by atoms with Gasteiger partial charge in [0.05, 0.1) is 0 Å². The molecule has 0 aromatic heterocycles. The molecule has 11 heavy (non-hydrogen) atoms. The molecule has 1 aromatic carbocycles. The lowest BCUT2D eigenvalue weighted by Crippen LogP contribution is -2.05. The molecule has 0 aliphatic carbocycles. The Morgan fingerprint density at radius 1 is 1.18 bits per heavy atom. The van der Waals surface area contributed by atoms with E-state index in [1.54, 1.807) is 5.54 Å². The van der Waals surface area contributed by atoms with E-state index < -0.39 is 0 Å². The number of halogens is 2. The van der Waals surface area contributed by atoms with E-state index in [1.807, 2.05) is 30.3 Å². The first kappa shape index (κ1) is 10.8. The van der Waals surface area contributed by atoms with Crippen LogP contribution in [-0.2, 0) is 6.42 Å². The first-order chi connectivity index (χ1) is 4.93. The molecule has 0 radical (unpaired) electrons. The van der Waals surface area contributed by atoms with Crippen LogP contribution in [0.2, 0.25) is 0 Å². The molecule has 1 rings (SSSR count). The van der Waals surface area contributed by atoms with Crippen LogP contribution in [0.25, 0.3) is 0 Å². The number of nitrogens with one attached hydrogen (secondary N) is 1. The molecule has 0 unspecified atom stereocenters. The van der Waals surface area contributed by atoms with Crippen molar-refractivity contribution in [3.63, 3.8) is 0 Å². The molecule has 1 nitrogen and oxygen atoms in total. The third kappa shape index (κ3) is 4.31. The summed E-state index contributed by atoms with van der Waals surface area (Å²) in [6.07, 6.45) is 0.747. The maximum Gasteiger partial charge on any atom is 0.0300 e. The number of rotatable bonds is 3. The summed E-state index contributed by atoms with van der Waals surface area (Å²) >= 11 is 0. The van der Waals surface area contributed by atoms with Crippen molar-refractivity contribution in [1.82, 2.24) is 5.54 Å². The quantitative estimate of drug-likeness (QED) is 0.654. The van der Waals surface area contributed by atoms with Crippen LogP contribution in [0.1, 0.15) is 5.56 Å². The molecule has 0 saturated heterocycles. The van der Waals surface area contributed by atoms with Gasteiger partial charge in [0.1, 0.15) is 0 Å². The van der Waals surface area contributed by atoms with Gasteiger partial charge in [0.2, 0.25) is 0 Å². The highest BCUT2D eigenvalue weighted by Crippen LogP contribution is 1.97. The second-order valence-electron chi connectivity index (χ2n) is 2.12. The largest absolute Gasteiger partial charge is 0.159 e. The van der Waals surface area contributed by atoms with Crippen molar-refractivity contribution in [2.24, 2.45) is 0 Å². The Kier molecular flexibility index (Phi) is 6.45. The van der Waals surface area contributed by atoms with Gasteiger partial charge in [0.15, 0.2) is 0 Å². The van der Waals surface area contributed by atoms with E-state index in [4.69, 9.17) is 0 Å². The Morgan fingerprint density at radius 2 is 1.82 bits per heavy atom. The summed E-state index contributed by atoms with van der Waals surface area (Å²) in [6.45, 7) is 0.393. The number of hydrogen-bond acceptors (Lipinski definition) is 1. The normalized spacial score (nSPS) is 8.82. The first-order valence-electron chi connectivity index (χ1n) is 3.31. The van der Waals surface area contributed by atoms with E-state index in [0.29, 0.717) is 6.54 Å². The van der Waals surface area contributed by atoms with Crippen LogP contribution < -0.4 is 5.54 Å². The molecule has 0 aliphatic rings. The highest BCUT2D eigenvalue weighted by atomic mass is 127. The summed E-state index contributed by atoms with van der Waals surface area (Å²) in [5.74, 6) is 0. The summed E-state index contributed by atoms with van der Waals surface area (Å²) < 4.78 is 11.4. The van der Waals surface area contributed by atoms with Crippen molar-refractivity contribution >= 4 is 24.0 Å². The molecule has 0 aliphatic heterocycles. The second kappa shape index (κ2) is 6.54. The topological polar surface area (TPSA) is 12.0 Å². The second-order valence-corrected chi connectivity index (χ2v) is 2.12. The standard InChI is InChI=1S/C8H10FN.HI/c9-10-7-6-8-4-2-1-3-5-8;/h1-5,10H,6-7H2;1H. The molecule has 62 valence electrons. The van der Waals surface area contributed by atoms with Crippen LogP contribution in [0.5, 0.6) is 0 Å². The molecule has 1 N–H and O–H groups in total. The van der Waals surface area contributed by atoms with Gasteiger partial charge >= 0.3 is 0 Å². The van der Waals surface area contributed by atoms with Gasteiger partial charge in [-0.2, -0.15) is 5.54 Å². The smallest absolute Gasteiger partial charge is 0.0300 e. The third-order valence-corrected chi connectivity index (χ3v) is 1.35. The zero-order valence-corrected chi connectivity index (χ0v) is 8.42. The summed E-state index contributed by atoms with van der Waals surface area (Å²) in [5.41, 5.74) is 2.78. The summed E-state index contributed by atoms with van der Waals surface area (Å²) in [4.78, 5) is 0. The number of hydrogen-bond donors (Lipinski definition) is 1. The number of benzene rings is 1. The van der Waals surface area contributed by atoms with Gasteiger partial charge in [0.25, 0.3) is 0 Å². The van der Waals surface area contributed by atoms with E-state index in [9.17, 15) is 4.48 Å². The van der Waals surface area contributed by atoms with Crippen molar-refractivity contribution in [2.45, 2.75) is 6.42 Å². The zero-order valence-electron chi connectivity index (χ0n) is 6.09. The Hall–Kier alpha value is -0.160. The average Bonchev–Trinajstić information content (AvgIpc) is 2.03. The van der Waals surface area contributed by atoms with Crippen LogP contribution in [-0.4, -0.2) is 6.54 Å².